The number of halogens is 1. The van der Waals surface area contributed by atoms with Crippen LogP contribution in [0.1, 0.15) is 15.9 Å². The Bertz CT molecular complexity index is 1430. The van der Waals surface area contributed by atoms with Crippen molar-refractivity contribution in [3.8, 4) is 11.6 Å². The standard InChI is InChI=1S/C21H14FN5O3S/c22-12-5-3-11(4-6-12)8-27-9-14-15(19(29)25-21-26-24-10-31-21)13-2-1-7-23-17(13)18(28)16(14)20(27)30/h1-7,9-10,28,30H,8H2,(H,25,26,29). The maximum absolute atomic E-state index is 13.2. The van der Waals surface area contributed by atoms with Crippen molar-refractivity contribution in [1.29, 1.82) is 0 Å². The second-order valence-corrected chi connectivity index (χ2v) is 7.65. The molecule has 0 fully saturated rings. The second-order valence-electron chi connectivity index (χ2n) is 6.82. The molecule has 0 saturated heterocycles. The van der Waals surface area contributed by atoms with Gasteiger partial charge >= 0.3 is 0 Å². The number of hydrogen-bond donors (Lipinski definition) is 3. The van der Waals surface area contributed by atoms with Gasteiger partial charge in [-0.25, -0.2) is 4.39 Å². The molecule has 3 aromatic heterocycles. The highest BCUT2D eigenvalue weighted by Gasteiger charge is 2.25. The summed E-state index contributed by atoms with van der Waals surface area (Å²) in [6.07, 6.45) is 3.07. The van der Waals surface area contributed by atoms with Crippen LogP contribution < -0.4 is 5.32 Å². The minimum absolute atomic E-state index is 0.107. The predicted octanol–water partition coefficient (Wildman–Crippen LogP) is 3.89. The maximum atomic E-state index is 13.2. The van der Waals surface area contributed by atoms with Gasteiger partial charge in [-0.3, -0.25) is 15.1 Å². The quantitative estimate of drug-likeness (QED) is 0.395. The first kappa shape index (κ1) is 18.9. The molecule has 0 unspecified atom stereocenters. The number of hydrogen-bond acceptors (Lipinski definition) is 7. The molecule has 0 radical (unpaired) electrons. The highest BCUT2D eigenvalue weighted by molar-refractivity contribution is 7.13. The topological polar surface area (TPSA) is 113 Å². The highest BCUT2D eigenvalue weighted by Crippen LogP contribution is 2.42. The van der Waals surface area contributed by atoms with Gasteiger partial charge in [-0.2, -0.15) is 0 Å². The van der Waals surface area contributed by atoms with Crippen LogP contribution in [-0.4, -0.2) is 35.9 Å². The van der Waals surface area contributed by atoms with E-state index in [0.717, 1.165) is 5.56 Å². The second kappa shape index (κ2) is 7.33. The zero-order valence-corrected chi connectivity index (χ0v) is 16.6. The Kier molecular flexibility index (Phi) is 4.48. The Morgan fingerprint density at radius 2 is 1.97 bits per heavy atom. The summed E-state index contributed by atoms with van der Waals surface area (Å²) in [5.74, 6) is -1.29. The monoisotopic (exact) mass is 435 g/mol. The highest BCUT2D eigenvalue weighted by atomic mass is 32.1. The number of nitrogens with zero attached hydrogens (tertiary/aromatic N) is 4. The number of aromatic nitrogens is 4. The normalized spacial score (nSPS) is 11.3. The molecule has 8 nitrogen and oxygen atoms in total. The van der Waals surface area contributed by atoms with Crippen LogP contribution >= 0.6 is 11.3 Å². The first-order valence-corrected chi connectivity index (χ1v) is 10.0. The number of nitrogens with one attached hydrogen (secondary N) is 1. The van der Waals surface area contributed by atoms with Crippen LogP contribution in [0.15, 0.2) is 54.3 Å². The molecule has 0 aliphatic carbocycles. The third-order valence-electron chi connectivity index (χ3n) is 4.93. The predicted molar refractivity (Wildman–Crippen MR) is 114 cm³/mol. The lowest BCUT2D eigenvalue weighted by Crippen LogP contribution is -2.13. The molecule has 10 heteroatoms. The molecular weight excluding hydrogens is 421 g/mol. The van der Waals surface area contributed by atoms with Crippen LogP contribution in [0.25, 0.3) is 21.7 Å². The lowest BCUT2D eigenvalue weighted by molar-refractivity contribution is 0.102. The molecule has 5 aromatic rings. The number of rotatable bonds is 4. The third kappa shape index (κ3) is 3.22. The van der Waals surface area contributed by atoms with Crippen molar-refractivity contribution in [3.63, 3.8) is 0 Å². The van der Waals surface area contributed by atoms with E-state index in [2.05, 4.69) is 20.5 Å². The molecule has 1 amide bonds. The fourth-order valence-corrected chi connectivity index (χ4v) is 4.01. The Morgan fingerprint density at radius 1 is 1.16 bits per heavy atom. The Hall–Kier alpha value is -4.05. The lowest BCUT2D eigenvalue weighted by atomic mass is 10.0. The number of carbonyl (C=O) groups excluding carboxylic acids is 1. The summed E-state index contributed by atoms with van der Waals surface area (Å²) in [6.45, 7) is 0.210. The molecule has 5 rings (SSSR count). The van der Waals surface area contributed by atoms with E-state index in [4.69, 9.17) is 0 Å². The Morgan fingerprint density at radius 3 is 2.71 bits per heavy atom. The number of benzene rings is 2. The van der Waals surface area contributed by atoms with Crippen LogP contribution in [0.4, 0.5) is 9.52 Å². The van der Waals surface area contributed by atoms with E-state index in [9.17, 15) is 19.4 Å². The van der Waals surface area contributed by atoms with Gasteiger partial charge in [-0.1, -0.05) is 29.5 Å². The van der Waals surface area contributed by atoms with E-state index in [1.54, 1.807) is 30.5 Å². The molecule has 0 aliphatic heterocycles. The summed E-state index contributed by atoms with van der Waals surface area (Å²) >= 11 is 1.17. The number of carbonyl (C=O) groups is 1. The minimum atomic E-state index is -0.473. The van der Waals surface area contributed by atoms with Gasteiger partial charge in [0.1, 0.15) is 16.8 Å². The van der Waals surface area contributed by atoms with E-state index in [1.165, 1.54) is 39.7 Å². The number of pyridine rings is 1. The van der Waals surface area contributed by atoms with Gasteiger partial charge in [-0.15, -0.1) is 10.2 Å². The Labute approximate surface area is 178 Å². The van der Waals surface area contributed by atoms with Crippen molar-refractivity contribution in [2.75, 3.05) is 5.32 Å². The van der Waals surface area contributed by atoms with Gasteiger partial charge < -0.3 is 14.8 Å². The fraction of sp³-hybridized carbons (Fsp3) is 0.0476. The number of fused-ring (bicyclic) bond motifs is 2. The molecule has 0 bridgehead atoms. The summed E-state index contributed by atoms with van der Waals surface area (Å²) in [6, 6.07) is 9.18. The SMILES string of the molecule is O=C(Nc1nncs1)c1c2cccnc2c(O)c2c(O)n(Cc3ccc(F)cc3)cc12. The average molecular weight is 435 g/mol. The molecule has 3 heterocycles. The number of phenolic OH excluding ortho intramolecular Hbond substituents is 1. The molecule has 31 heavy (non-hydrogen) atoms. The molecule has 0 saturated carbocycles. The van der Waals surface area contributed by atoms with E-state index in [1.807, 2.05) is 0 Å². The van der Waals surface area contributed by atoms with E-state index >= 15 is 0 Å². The van der Waals surface area contributed by atoms with Gasteiger partial charge in [0.25, 0.3) is 5.91 Å². The van der Waals surface area contributed by atoms with Crippen LogP contribution in [0.3, 0.4) is 0 Å². The first-order valence-electron chi connectivity index (χ1n) is 9.16. The molecule has 2 aromatic carbocycles. The number of aromatic hydroxyl groups is 2. The third-order valence-corrected chi connectivity index (χ3v) is 5.54. The molecule has 0 spiro atoms. The summed E-state index contributed by atoms with van der Waals surface area (Å²) in [5.41, 5.74) is 2.65. The summed E-state index contributed by atoms with van der Waals surface area (Å²) in [7, 11) is 0. The van der Waals surface area contributed by atoms with E-state index in [-0.39, 0.29) is 40.5 Å². The molecule has 0 atom stereocenters. The smallest absolute Gasteiger partial charge is 0.258 e. The van der Waals surface area contributed by atoms with Gasteiger partial charge in [0.05, 0.1) is 17.5 Å². The minimum Gasteiger partial charge on any atom is -0.505 e. The maximum Gasteiger partial charge on any atom is 0.258 e. The Balaban J connectivity index is 1.72. The van der Waals surface area contributed by atoms with Crippen LogP contribution in [0, 0.1) is 5.82 Å². The average Bonchev–Trinajstić information content (AvgIpc) is 3.38. The van der Waals surface area contributed by atoms with Crippen LogP contribution in [0.5, 0.6) is 11.6 Å². The van der Waals surface area contributed by atoms with Crippen molar-refractivity contribution in [2.24, 2.45) is 0 Å². The molecule has 3 N–H and O–H groups in total. The van der Waals surface area contributed by atoms with Crippen LogP contribution in [-0.2, 0) is 6.54 Å². The fourth-order valence-electron chi connectivity index (χ4n) is 3.57. The van der Waals surface area contributed by atoms with Crippen molar-refractivity contribution < 1.29 is 19.4 Å². The molecule has 154 valence electrons. The van der Waals surface area contributed by atoms with Crippen LogP contribution in [0.2, 0.25) is 0 Å². The van der Waals surface area contributed by atoms with Crippen molar-refractivity contribution in [3.05, 3.63) is 71.2 Å². The summed E-state index contributed by atoms with van der Waals surface area (Å²) in [5, 5.41) is 33.1. The van der Waals surface area contributed by atoms with Crippen molar-refractivity contribution in [2.45, 2.75) is 6.54 Å². The number of anilines is 1. The summed E-state index contributed by atoms with van der Waals surface area (Å²) in [4.78, 5) is 17.4. The van der Waals surface area contributed by atoms with Gasteiger partial charge in [0.2, 0.25) is 11.0 Å². The number of phenols is 1. The number of amides is 1. The molecular formula is C21H14FN5O3S. The van der Waals surface area contributed by atoms with Crippen molar-refractivity contribution in [1.82, 2.24) is 19.7 Å². The molecule has 0 aliphatic rings. The lowest BCUT2D eigenvalue weighted by Gasteiger charge is -2.09. The van der Waals surface area contributed by atoms with Gasteiger partial charge in [0, 0.05) is 23.2 Å². The largest absolute Gasteiger partial charge is 0.505 e. The first-order chi connectivity index (χ1) is 15.0. The van der Waals surface area contributed by atoms with Gasteiger partial charge in [-0.05, 0) is 23.8 Å². The summed E-state index contributed by atoms with van der Waals surface area (Å²) < 4.78 is 14.7. The van der Waals surface area contributed by atoms with E-state index in [0.29, 0.717) is 15.9 Å². The zero-order chi connectivity index (χ0) is 21.5. The zero-order valence-electron chi connectivity index (χ0n) is 15.8. The van der Waals surface area contributed by atoms with E-state index < -0.39 is 5.91 Å². The van der Waals surface area contributed by atoms with Crippen molar-refractivity contribution >= 4 is 44.1 Å². The van der Waals surface area contributed by atoms with Gasteiger partial charge in [0.15, 0.2) is 5.75 Å².